The van der Waals surface area contributed by atoms with E-state index in [1.165, 1.54) is 10.4 Å². The average Bonchev–Trinajstić information content (AvgIpc) is 3.04. The Balaban J connectivity index is 1.66. The lowest BCUT2D eigenvalue weighted by Gasteiger charge is -2.05. The fourth-order valence-corrected chi connectivity index (χ4v) is 2.27. The third-order valence-electron chi connectivity index (χ3n) is 3.59. The second-order valence-corrected chi connectivity index (χ2v) is 5.33. The topological polar surface area (TPSA) is 98.7 Å². The third kappa shape index (κ3) is 3.57. The molecule has 3 N–H and O–H groups in total. The minimum Gasteiger partial charge on any atom is -0.398 e. The number of anilines is 2. The Bertz CT molecular complexity index is 840. The third-order valence-corrected chi connectivity index (χ3v) is 3.59. The SMILES string of the molecule is CCc1ccc(NC(=O)Cn2nnc(-c3ccccc3N)n2)cc1. The number of amides is 1. The van der Waals surface area contributed by atoms with E-state index in [4.69, 9.17) is 5.73 Å². The highest BCUT2D eigenvalue weighted by molar-refractivity contribution is 5.90. The molecule has 1 aromatic heterocycles. The number of hydrogen-bond acceptors (Lipinski definition) is 5. The van der Waals surface area contributed by atoms with Crippen LogP contribution in [-0.4, -0.2) is 26.1 Å². The van der Waals surface area contributed by atoms with Gasteiger partial charge in [-0.1, -0.05) is 31.2 Å². The van der Waals surface area contributed by atoms with Crippen LogP contribution in [0.2, 0.25) is 0 Å². The first-order valence-corrected chi connectivity index (χ1v) is 7.67. The molecule has 0 aliphatic heterocycles. The number of nitrogen functional groups attached to an aromatic ring is 1. The Morgan fingerprint density at radius 2 is 1.92 bits per heavy atom. The summed E-state index contributed by atoms with van der Waals surface area (Å²) in [5, 5.41) is 14.9. The van der Waals surface area contributed by atoms with E-state index in [1.54, 1.807) is 6.07 Å². The smallest absolute Gasteiger partial charge is 0.248 e. The maximum atomic E-state index is 12.1. The molecule has 0 saturated carbocycles. The molecule has 1 heterocycles. The molecular weight excluding hydrogens is 304 g/mol. The summed E-state index contributed by atoms with van der Waals surface area (Å²) >= 11 is 0. The normalized spacial score (nSPS) is 10.5. The van der Waals surface area contributed by atoms with E-state index in [0.717, 1.165) is 12.1 Å². The van der Waals surface area contributed by atoms with Crippen LogP contribution in [0.5, 0.6) is 0 Å². The van der Waals surface area contributed by atoms with E-state index in [9.17, 15) is 4.79 Å². The Morgan fingerprint density at radius 3 is 2.62 bits per heavy atom. The van der Waals surface area contributed by atoms with Crippen LogP contribution in [0.4, 0.5) is 11.4 Å². The van der Waals surface area contributed by atoms with Gasteiger partial charge >= 0.3 is 0 Å². The number of carbonyl (C=O) groups is 1. The quantitative estimate of drug-likeness (QED) is 0.701. The van der Waals surface area contributed by atoms with Gasteiger partial charge in [-0.2, -0.15) is 4.80 Å². The summed E-state index contributed by atoms with van der Waals surface area (Å²) in [5.41, 5.74) is 9.11. The van der Waals surface area contributed by atoms with Crippen LogP contribution >= 0.6 is 0 Å². The van der Waals surface area contributed by atoms with E-state index in [-0.39, 0.29) is 12.5 Å². The van der Waals surface area contributed by atoms with Crippen molar-refractivity contribution in [2.24, 2.45) is 0 Å². The number of carbonyl (C=O) groups excluding carboxylic acids is 1. The molecule has 0 atom stereocenters. The van der Waals surface area contributed by atoms with Crippen molar-refractivity contribution in [1.82, 2.24) is 20.2 Å². The largest absolute Gasteiger partial charge is 0.398 e. The summed E-state index contributed by atoms with van der Waals surface area (Å²) in [6.45, 7) is 2.07. The fraction of sp³-hybridized carbons (Fsp3) is 0.176. The Labute approximate surface area is 139 Å². The molecule has 24 heavy (non-hydrogen) atoms. The maximum Gasteiger partial charge on any atom is 0.248 e. The zero-order valence-electron chi connectivity index (χ0n) is 13.3. The number of hydrogen-bond donors (Lipinski definition) is 2. The van der Waals surface area contributed by atoms with Gasteiger partial charge in [-0.25, -0.2) is 0 Å². The van der Waals surface area contributed by atoms with Crippen molar-refractivity contribution in [2.45, 2.75) is 19.9 Å². The highest BCUT2D eigenvalue weighted by Crippen LogP contribution is 2.20. The molecule has 0 fully saturated rings. The summed E-state index contributed by atoms with van der Waals surface area (Å²) in [5.74, 6) is 0.178. The van der Waals surface area contributed by atoms with Crippen molar-refractivity contribution in [3.05, 3.63) is 54.1 Å². The lowest BCUT2D eigenvalue weighted by molar-refractivity contribution is -0.117. The molecule has 1 amide bonds. The predicted molar refractivity (Wildman–Crippen MR) is 92.1 cm³/mol. The molecule has 2 aromatic carbocycles. The highest BCUT2D eigenvalue weighted by atomic mass is 16.2. The van der Waals surface area contributed by atoms with Crippen LogP contribution in [0.1, 0.15) is 12.5 Å². The average molecular weight is 322 g/mol. The molecule has 0 radical (unpaired) electrons. The molecule has 0 unspecified atom stereocenters. The van der Waals surface area contributed by atoms with Gasteiger partial charge in [0.05, 0.1) is 0 Å². The summed E-state index contributed by atoms with van der Waals surface area (Å²) in [6, 6.07) is 15.0. The minimum atomic E-state index is -0.218. The number of benzene rings is 2. The van der Waals surface area contributed by atoms with Crippen molar-refractivity contribution in [2.75, 3.05) is 11.1 Å². The predicted octanol–water partition coefficient (Wildman–Crippen LogP) is 2.12. The minimum absolute atomic E-state index is 0.0186. The Kier molecular flexibility index (Phi) is 4.51. The zero-order valence-corrected chi connectivity index (χ0v) is 13.3. The van der Waals surface area contributed by atoms with Gasteiger partial charge in [0.2, 0.25) is 11.7 Å². The number of nitrogens with one attached hydrogen (secondary N) is 1. The van der Waals surface area contributed by atoms with Gasteiger partial charge in [0.25, 0.3) is 0 Å². The number of rotatable bonds is 5. The molecule has 0 saturated heterocycles. The number of tetrazole rings is 1. The molecular formula is C17H18N6O. The number of nitrogens with zero attached hydrogens (tertiary/aromatic N) is 4. The van der Waals surface area contributed by atoms with E-state index in [2.05, 4.69) is 27.7 Å². The van der Waals surface area contributed by atoms with Crippen molar-refractivity contribution >= 4 is 17.3 Å². The summed E-state index contributed by atoms with van der Waals surface area (Å²) < 4.78 is 0. The first kappa shape index (κ1) is 15.7. The van der Waals surface area contributed by atoms with E-state index < -0.39 is 0 Å². The molecule has 122 valence electrons. The van der Waals surface area contributed by atoms with Gasteiger partial charge in [0, 0.05) is 16.9 Å². The van der Waals surface area contributed by atoms with E-state index in [0.29, 0.717) is 17.1 Å². The first-order chi connectivity index (χ1) is 11.7. The zero-order chi connectivity index (χ0) is 16.9. The lowest BCUT2D eigenvalue weighted by atomic mass is 10.1. The van der Waals surface area contributed by atoms with Gasteiger partial charge in [-0.05, 0) is 41.5 Å². The van der Waals surface area contributed by atoms with Crippen molar-refractivity contribution in [3.8, 4) is 11.4 Å². The van der Waals surface area contributed by atoms with E-state index in [1.807, 2.05) is 42.5 Å². The van der Waals surface area contributed by atoms with Gasteiger partial charge in [0.15, 0.2) is 0 Å². The van der Waals surface area contributed by atoms with Gasteiger partial charge in [-0.3, -0.25) is 4.79 Å². The highest BCUT2D eigenvalue weighted by Gasteiger charge is 2.11. The van der Waals surface area contributed by atoms with Gasteiger partial charge in [0.1, 0.15) is 6.54 Å². The molecule has 0 bridgehead atoms. The Hall–Kier alpha value is -3.22. The van der Waals surface area contributed by atoms with Crippen molar-refractivity contribution < 1.29 is 4.79 Å². The van der Waals surface area contributed by atoms with Gasteiger partial charge < -0.3 is 11.1 Å². The van der Waals surface area contributed by atoms with E-state index >= 15 is 0 Å². The van der Waals surface area contributed by atoms with Crippen LogP contribution in [-0.2, 0) is 17.8 Å². The summed E-state index contributed by atoms with van der Waals surface area (Å²) in [6.07, 6.45) is 0.961. The second kappa shape index (κ2) is 6.91. The number of aromatic nitrogens is 4. The van der Waals surface area contributed by atoms with Crippen LogP contribution in [0, 0.1) is 0 Å². The molecule has 7 nitrogen and oxygen atoms in total. The Morgan fingerprint density at radius 1 is 1.17 bits per heavy atom. The monoisotopic (exact) mass is 322 g/mol. The van der Waals surface area contributed by atoms with Crippen LogP contribution < -0.4 is 11.1 Å². The fourth-order valence-electron chi connectivity index (χ4n) is 2.27. The first-order valence-electron chi connectivity index (χ1n) is 7.67. The molecule has 7 heteroatoms. The second-order valence-electron chi connectivity index (χ2n) is 5.33. The van der Waals surface area contributed by atoms with Crippen LogP contribution in [0.15, 0.2) is 48.5 Å². The van der Waals surface area contributed by atoms with Crippen LogP contribution in [0.25, 0.3) is 11.4 Å². The summed E-state index contributed by atoms with van der Waals surface area (Å²) in [7, 11) is 0. The molecule has 0 aliphatic rings. The molecule has 0 aliphatic carbocycles. The molecule has 0 spiro atoms. The number of aryl methyl sites for hydroxylation is 1. The van der Waals surface area contributed by atoms with Crippen molar-refractivity contribution in [3.63, 3.8) is 0 Å². The number of para-hydroxylation sites is 1. The van der Waals surface area contributed by atoms with Gasteiger partial charge in [-0.15, -0.1) is 10.2 Å². The lowest BCUT2D eigenvalue weighted by Crippen LogP contribution is -2.20. The summed E-state index contributed by atoms with van der Waals surface area (Å²) in [4.78, 5) is 13.3. The molecule has 3 rings (SSSR count). The maximum absolute atomic E-state index is 12.1. The standard InChI is InChI=1S/C17H18N6O/c1-2-12-7-9-13(10-8-12)19-16(24)11-23-21-17(20-22-23)14-5-3-4-6-15(14)18/h3-10H,2,11,18H2,1H3,(H,19,24). The molecule has 3 aromatic rings. The number of nitrogens with two attached hydrogens (primary N) is 1. The van der Waals surface area contributed by atoms with Crippen LogP contribution in [0.3, 0.4) is 0 Å². The van der Waals surface area contributed by atoms with Crippen molar-refractivity contribution in [1.29, 1.82) is 0 Å².